The van der Waals surface area contributed by atoms with Crippen LogP contribution in [0.15, 0.2) is 200 Å². The van der Waals surface area contributed by atoms with Gasteiger partial charge in [0.25, 0.3) is 0 Å². The van der Waals surface area contributed by atoms with Gasteiger partial charge >= 0.3 is 0 Å². The molecule has 0 saturated heterocycles. The lowest BCUT2D eigenvalue weighted by Crippen LogP contribution is -2.05. The van der Waals surface area contributed by atoms with Gasteiger partial charge in [0.05, 0.1) is 16.7 Å². The third kappa shape index (κ3) is 6.12. The summed E-state index contributed by atoms with van der Waals surface area (Å²) in [7, 11) is 0. The summed E-state index contributed by atoms with van der Waals surface area (Å²) in [4.78, 5) is 31.2. The maximum absolute atomic E-state index is 5.43. The van der Waals surface area contributed by atoms with Crippen molar-refractivity contribution in [1.82, 2.24) is 34.5 Å². The molecule has 4 heterocycles. The number of rotatable bonds is 7. The molecule has 0 radical (unpaired) electrons. The molecule has 12 rings (SSSR count). The van der Waals surface area contributed by atoms with E-state index < -0.39 is 0 Å². The smallest absolute Gasteiger partial charge is 0.166 e. The fraction of sp³-hybridized carbons (Fsp3) is 0. The number of para-hydroxylation sites is 2. The van der Waals surface area contributed by atoms with E-state index in [-0.39, 0.29) is 0 Å². The van der Waals surface area contributed by atoms with E-state index in [4.69, 9.17) is 29.9 Å². The Balaban J connectivity index is 1.16. The van der Waals surface area contributed by atoms with Crippen LogP contribution in [-0.2, 0) is 0 Å². The first-order chi connectivity index (χ1) is 30.7. The number of benzene rings is 8. The quantitative estimate of drug-likeness (QED) is 0.159. The SMILES string of the molecule is c1ccc(-c2nc(-c3ccccc3)nc(-c3ccc(-n4c5ccccc5c5ccccc54)c(-c4nc(-c5ccccc5)nc(-c5cccc6c5sc5ccccc56)n4)c3)n2)cc1. The molecule has 0 saturated carbocycles. The van der Waals surface area contributed by atoms with Crippen molar-refractivity contribution >= 4 is 53.3 Å². The minimum atomic E-state index is 0.534. The van der Waals surface area contributed by atoms with E-state index in [1.165, 1.54) is 15.5 Å². The van der Waals surface area contributed by atoms with Crippen LogP contribution in [-0.4, -0.2) is 34.5 Å². The van der Waals surface area contributed by atoms with E-state index in [9.17, 15) is 0 Å². The fourth-order valence-corrected chi connectivity index (χ4v) is 9.64. The van der Waals surface area contributed by atoms with Gasteiger partial charge in [0, 0.05) is 64.3 Å². The Bertz CT molecular complexity index is 3530. The summed E-state index contributed by atoms with van der Waals surface area (Å²) >= 11 is 1.76. The maximum Gasteiger partial charge on any atom is 0.166 e. The fourth-order valence-electron chi connectivity index (χ4n) is 8.43. The van der Waals surface area contributed by atoms with Gasteiger partial charge < -0.3 is 4.57 Å². The van der Waals surface area contributed by atoms with Crippen LogP contribution in [0.4, 0.5) is 0 Å². The molecule has 0 N–H and O–H groups in total. The number of aromatic nitrogens is 7. The molecule has 12 aromatic rings. The van der Waals surface area contributed by atoms with Crippen molar-refractivity contribution in [3.8, 4) is 74.0 Å². The molecule has 0 bridgehead atoms. The first-order valence-corrected chi connectivity index (χ1v) is 21.3. The minimum absolute atomic E-state index is 0.534. The molecule has 0 aliphatic heterocycles. The van der Waals surface area contributed by atoms with E-state index in [1.807, 2.05) is 91.0 Å². The maximum atomic E-state index is 5.43. The second-order valence-electron chi connectivity index (χ2n) is 15.1. The van der Waals surface area contributed by atoms with E-state index in [0.29, 0.717) is 34.9 Å². The highest BCUT2D eigenvalue weighted by atomic mass is 32.1. The van der Waals surface area contributed by atoms with Gasteiger partial charge in [0.1, 0.15) is 0 Å². The van der Waals surface area contributed by atoms with Crippen LogP contribution < -0.4 is 0 Å². The van der Waals surface area contributed by atoms with E-state index in [1.54, 1.807) is 11.3 Å². The predicted molar refractivity (Wildman–Crippen MR) is 253 cm³/mol. The Morgan fingerprint density at radius 3 is 1.32 bits per heavy atom. The largest absolute Gasteiger partial charge is 0.309 e. The van der Waals surface area contributed by atoms with Crippen molar-refractivity contribution < 1.29 is 0 Å². The standard InChI is InChI=1S/C54H33N7S/c1-4-17-34(18-5-1)49-55-50(35-19-6-2-7-20-35)57-52(56-49)37-31-32-46(61-44-28-13-10-23-38(44)39-24-11-14-29-45(39)61)43(33-37)54-59-51(36-21-8-3-9-22-36)58-53(60-54)42-27-16-26-41-40-25-12-15-30-47(40)62-48(41)42/h1-33H. The van der Waals surface area contributed by atoms with E-state index in [0.717, 1.165) is 65.6 Å². The number of hydrogen-bond donors (Lipinski definition) is 0. The lowest BCUT2D eigenvalue weighted by Gasteiger charge is -2.16. The van der Waals surface area contributed by atoms with Crippen LogP contribution in [0.3, 0.4) is 0 Å². The summed E-state index contributed by atoms with van der Waals surface area (Å²) in [5, 5.41) is 4.72. The predicted octanol–water partition coefficient (Wildman–Crippen LogP) is 13.5. The lowest BCUT2D eigenvalue weighted by atomic mass is 10.0. The second-order valence-corrected chi connectivity index (χ2v) is 16.1. The van der Waals surface area contributed by atoms with Crippen LogP contribution in [0, 0.1) is 0 Å². The molecular weight excluding hydrogens is 779 g/mol. The van der Waals surface area contributed by atoms with Crippen molar-refractivity contribution in [2.75, 3.05) is 0 Å². The van der Waals surface area contributed by atoms with Crippen molar-refractivity contribution in [3.63, 3.8) is 0 Å². The van der Waals surface area contributed by atoms with E-state index >= 15 is 0 Å². The molecule has 290 valence electrons. The van der Waals surface area contributed by atoms with Crippen LogP contribution >= 0.6 is 11.3 Å². The van der Waals surface area contributed by atoms with Gasteiger partial charge in [-0.3, -0.25) is 0 Å². The normalized spacial score (nSPS) is 11.5. The van der Waals surface area contributed by atoms with Gasteiger partial charge in [0.2, 0.25) is 0 Å². The summed E-state index contributed by atoms with van der Waals surface area (Å²) in [5.41, 5.74) is 8.34. The number of hydrogen-bond acceptors (Lipinski definition) is 7. The summed E-state index contributed by atoms with van der Waals surface area (Å²) in [6.07, 6.45) is 0. The highest BCUT2D eigenvalue weighted by Gasteiger charge is 2.23. The first-order valence-electron chi connectivity index (χ1n) is 20.5. The zero-order valence-electron chi connectivity index (χ0n) is 33.1. The molecular formula is C54H33N7S. The molecule has 4 aromatic heterocycles. The monoisotopic (exact) mass is 811 g/mol. The average molecular weight is 812 g/mol. The topological polar surface area (TPSA) is 82.3 Å². The summed E-state index contributed by atoms with van der Waals surface area (Å²) in [6.45, 7) is 0. The molecule has 8 heteroatoms. The van der Waals surface area contributed by atoms with Crippen molar-refractivity contribution in [2.24, 2.45) is 0 Å². The third-order valence-electron chi connectivity index (χ3n) is 11.3. The Labute approximate surface area is 360 Å². The van der Waals surface area contributed by atoms with Crippen LogP contribution in [0.2, 0.25) is 0 Å². The summed E-state index contributed by atoms with van der Waals surface area (Å²) < 4.78 is 4.67. The Kier molecular flexibility index (Phi) is 8.53. The zero-order chi connectivity index (χ0) is 41.0. The Morgan fingerprint density at radius 2 is 0.742 bits per heavy atom. The summed E-state index contributed by atoms with van der Waals surface area (Å²) in [5.74, 6) is 3.44. The molecule has 0 fully saturated rings. The molecule has 7 nitrogen and oxygen atoms in total. The van der Waals surface area contributed by atoms with Gasteiger partial charge in [0.15, 0.2) is 34.9 Å². The molecule has 62 heavy (non-hydrogen) atoms. The lowest BCUT2D eigenvalue weighted by molar-refractivity contribution is 1.06. The number of fused-ring (bicyclic) bond motifs is 6. The van der Waals surface area contributed by atoms with Crippen LogP contribution in [0.5, 0.6) is 0 Å². The van der Waals surface area contributed by atoms with Crippen molar-refractivity contribution in [2.45, 2.75) is 0 Å². The molecule has 0 aliphatic carbocycles. The molecule has 0 aliphatic rings. The van der Waals surface area contributed by atoms with Gasteiger partial charge in [-0.1, -0.05) is 158 Å². The van der Waals surface area contributed by atoms with Crippen LogP contribution in [0.1, 0.15) is 0 Å². The average Bonchev–Trinajstić information content (AvgIpc) is 3.90. The van der Waals surface area contributed by atoms with E-state index in [2.05, 4.69) is 114 Å². The summed E-state index contributed by atoms with van der Waals surface area (Å²) in [6, 6.07) is 68.7. The van der Waals surface area contributed by atoms with Gasteiger partial charge in [-0.2, -0.15) is 0 Å². The first kappa shape index (κ1) is 35.7. The van der Waals surface area contributed by atoms with Gasteiger partial charge in [-0.15, -0.1) is 11.3 Å². The highest BCUT2D eigenvalue weighted by molar-refractivity contribution is 7.26. The Morgan fingerprint density at radius 1 is 0.306 bits per heavy atom. The molecule has 0 atom stereocenters. The highest BCUT2D eigenvalue weighted by Crippen LogP contribution is 2.41. The Hall–Kier alpha value is -8.20. The van der Waals surface area contributed by atoms with Crippen molar-refractivity contribution in [1.29, 1.82) is 0 Å². The van der Waals surface area contributed by atoms with Crippen LogP contribution in [0.25, 0.3) is 116 Å². The molecule has 0 spiro atoms. The molecule has 0 amide bonds. The zero-order valence-corrected chi connectivity index (χ0v) is 33.9. The van der Waals surface area contributed by atoms with Gasteiger partial charge in [-0.05, 0) is 42.5 Å². The number of nitrogens with zero attached hydrogens (tertiary/aromatic N) is 7. The number of thiophene rings is 1. The molecule has 0 unspecified atom stereocenters. The van der Waals surface area contributed by atoms with Crippen molar-refractivity contribution in [3.05, 3.63) is 200 Å². The third-order valence-corrected chi connectivity index (χ3v) is 12.5. The van der Waals surface area contributed by atoms with Gasteiger partial charge in [-0.25, -0.2) is 29.9 Å². The second kappa shape index (κ2) is 14.8. The minimum Gasteiger partial charge on any atom is -0.309 e. The molecule has 8 aromatic carbocycles.